The molecule has 1 unspecified atom stereocenters. The van der Waals surface area contributed by atoms with Crippen LogP contribution in [0.2, 0.25) is 0 Å². The largest absolute Gasteiger partial charge is 0.496 e. The first kappa shape index (κ1) is 12.4. The number of halogens is 1. The fourth-order valence-electron chi connectivity index (χ4n) is 1.19. The predicted octanol–water partition coefficient (Wildman–Crippen LogP) is 0.945. The molecule has 2 N–H and O–H groups in total. The molecule has 0 spiro atoms. The minimum atomic E-state index is -0.650. The number of benzene rings is 1. The van der Waals surface area contributed by atoms with Crippen LogP contribution in [0, 0.1) is 5.82 Å². The summed E-state index contributed by atoms with van der Waals surface area (Å²) in [5.74, 6) is -0.690. The number of rotatable bonds is 4. The standard InChI is InChI=1S/C11H14FNO3/c1-7(14)6-13-11(15)9-5-8(12)3-4-10(9)16-2/h3-5,7,14H,6H2,1-2H3,(H,13,15). The third-order valence-electron chi connectivity index (χ3n) is 1.96. The van der Waals surface area contributed by atoms with Crippen molar-refractivity contribution in [2.24, 2.45) is 0 Å². The van der Waals surface area contributed by atoms with Crippen molar-refractivity contribution in [3.63, 3.8) is 0 Å². The number of aliphatic hydroxyl groups excluding tert-OH is 1. The summed E-state index contributed by atoms with van der Waals surface area (Å²) in [4.78, 5) is 11.6. The van der Waals surface area contributed by atoms with Gasteiger partial charge in [-0.2, -0.15) is 0 Å². The van der Waals surface area contributed by atoms with Crippen LogP contribution in [-0.2, 0) is 0 Å². The smallest absolute Gasteiger partial charge is 0.255 e. The lowest BCUT2D eigenvalue weighted by molar-refractivity contribution is 0.0920. The van der Waals surface area contributed by atoms with E-state index in [1.54, 1.807) is 6.92 Å². The molecule has 0 fully saturated rings. The van der Waals surface area contributed by atoms with Crippen LogP contribution in [0.3, 0.4) is 0 Å². The summed E-state index contributed by atoms with van der Waals surface area (Å²) >= 11 is 0. The van der Waals surface area contributed by atoms with E-state index in [1.807, 2.05) is 0 Å². The number of carbonyl (C=O) groups is 1. The highest BCUT2D eigenvalue weighted by molar-refractivity contribution is 5.96. The summed E-state index contributed by atoms with van der Waals surface area (Å²) in [5.41, 5.74) is 0.114. The van der Waals surface area contributed by atoms with Gasteiger partial charge in [0.15, 0.2) is 0 Å². The first-order chi connectivity index (χ1) is 7.54. The topological polar surface area (TPSA) is 58.6 Å². The highest BCUT2D eigenvalue weighted by Crippen LogP contribution is 2.18. The van der Waals surface area contributed by atoms with Gasteiger partial charge in [0, 0.05) is 6.54 Å². The second-order valence-electron chi connectivity index (χ2n) is 3.40. The molecule has 1 aromatic carbocycles. The van der Waals surface area contributed by atoms with Gasteiger partial charge in [0.1, 0.15) is 11.6 Å². The number of ether oxygens (including phenoxy) is 1. The van der Waals surface area contributed by atoms with Gasteiger partial charge in [-0.3, -0.25) is 4.79 Å². The van der Waals surface area contributed by atoms with E-state index >= 15 is 0 Å². The summed E-state index contributed by atoms with van der Waals surface area (Å²) in [7, 11) is 1.40. The second-order valence-corrected chi connectivity index (χ2v) is 3.40. The normalized spacial score (nSPS) is 12.0. The van der Waals surface area contributed by atoms with Crippen LogP contribution in [0.15, 0.2) is 18.2 Å². The summed E-state index contributed by atoms with van der Waals surface area (Å²) in [6, 6.07) is 3.69. The van der Waals surface area contributed by atoms with E-state index in [-0.39, 0.29) is 12.1 Å². The van der Waals surface area contributed by atoms with Crippen molar-refractivity contribution in [2.45, 2.75) is 13.0 Å². The molecule has 1 atom stereocenters. The van der Waals surface area contributed by atoms with Crippen molar-refractivity contribution in [1.82, 2.24) is 5.32 Å². The molecule has 16 heavy (non-hydrogen) atoms. The van der Waals surface area contributed by atoms with E-state index in [0.29, 0.717) is 5.75 Å². The molecule has 1 amide bonds. The quantitative estimate of drug-likeness (QED) is 0.805. The van der Waals surface area contributed by atoms with Gasteiger partial charge in [-0.1, -0.05) is 0 Å². The van der Waals surface area contributed by atoms with Gasteiger partial charge >= 0.3 is 0 Å². The van der Waals surface area contributed by atoms with E-state index in [1.165, 1.54) is 19.2 Å². The SMILES string of the molecule is COc1ccc(F)cc1C(=O)NCC(C)O. The summed E-state index contributed by atoms with van der Waals surface area (Å²) < 4.78 is 17.9. The Morgan fingerprint density at radius 1 is 1.62 bits per heavy atom. The Hall–Kier alpha value is -1.62. The molecule has 1 rings (SSSR count). The predicted molar refractivity (Wildman–Crippen MR) is 57.0 cm³/mol. The van der Waals surface area contributed by atoms with E-state index < -0.39 is 17.8 Å². The molecule has 0 aliphatic carbocycles. The Morgan fingerprint density at radius 2 is 2.31 bits per heavy atom. The summed E-state index contributed by atoms with van der Waals surface area (Å²) in [6.45, 7) is 1.65. The maximum atomic E-state index is 13.0. The number of nitrogens with one attached hydrogen (secondary N) is 1. The lowest BCUT2D eigenvalue weighted by atomic mass is 10.2. The molecule has 4 nitrogen and oxygen atoms in total. The molecular formula is C11H14FNO3. The summed E-state index contributed by atoms with van der Waals surface area (Å²) in [5, 5.41) is 11.5. The zero-order valence-corrected chi connectivity index (χ0v) is 9.16. The fraction of sp³-hybridized carbons (Fsp3) is 0.364. The van der Waals surface area contributed by atoms with Crippen LogP contribution in [0.5, 0.6) is 5.75 Å². The highest BCUT2D eigenvalue weighted by atomic mass is 19.1. The van der Waals surface area contributed by atoms with Crippen LogP contribution in [0.25, 0.3) is 0 Å². The molecule has 0 bridgehead atoms. The van der Waals surface area contributed by atoms with Crippen LogP contribution in [0.1, 0.15) is 17.3 Å². The zero-order chi connectivity index (χ0) is 12.1. The van der Waals surface area contributed by atoms with Crippen molar-refractivity contribution in [1.29, 1.82) is 0 Å². The van der Waals surface area contributed by atoms with Gasteiger partial charge < -0.3 is 15.2 Å². The first-order valence-electron chi connectivity index (χ1n) is 4.84. The van der Waals surface area contributed by atoms with Gasteiger partial charge in [-0.15, -0.1) is 0 Å². The lowest BCUT2D eigenvalue weighted by Gasteiger charge is -2.10. The third kappa shape index (κ3) is 3.20. The number of aliphatic hydroxyl groups is 1. The minimum Gasteiger partial charge on any atom is -0.496 e. The van der Waals surface area contributed by atoms with Gasteiger partial charge in [-0.05, 0) is 25.1 Å². The van der Waals surface area contributed by atoms with Crippen LogP contribution < -0.4 is 10.1 Å². The van der Waals surface area contributed by atoms with Crippen LogP contribution in [0.4, 0.5) is 4.39 Å². The molecule has 0 heterocycles. The molecule has 0 saturated carbocycles. The minimum absolute atomic E-state index is 0.110. The molecule has 0 radical (unpaired) electrons. The Morgan fingerprint density at radius 3 is 2.88 bits per heavy atom. The molecule has 0 aromatic heterocycles. The monoisotopic (exact) mass is 227 g/mol. The molecule has 0 saturated heterocycles. The van der Waals surface area contributed by atoms with E-state index in [2.05, 4.69) is 5.32 Å². The number of amides is 1. The maximum Gasteiger partial charge on any atom is 0.255 e. The highest BCUT2D eigenvalue weighted by Gasteiger charge is 2.13. The summed E-state index contributed by atoms with van der Waals surface area (Å²) in [6.07, 6.45) is -0.650. The Bertz CT molecular complexity index is 379. The molecule has 1 aromatic rings. The van der Waals surface area contributed by atoms with E-state index in [4.69, 9.17) is 9.84 Å². The zero-order valence-electron chi connectivity index (χ0n) is 9.16. The first-order valence-corrected chi connectivity index (χ1v) is 4.84. The van der Waals surface area contributed by atoms with Crippen molar-refractivity contribution < 1.29 is 19.0 Å². The van der Waals surface area contributed by atoms with Crippen molar-refractivity contribution in [3.05, 3.63) is 29.6 Å². The van der Waals surface area contributed by atoms with Gasteiger partial charge in [-0.25, -0.2) is 4.39 Å². The molecule has 0 aliphatic heterocycles. The Labute approximate surface area is 93.0 Å². The third-order valence-corrected chi connectivity index (χ3v) is 1.96. The van der Waals surface area contributed by atoms with Crippen LogP contribution in [-0.4, -0.2) is 30.8 Å². The molecular weight excluding hydrogens is 213 g/mol. The fourth-order valence-corrected chi connectivity index (χ4v) is 1.19. The van der Waals surface area contributed by atoms with Crippen molar-refractivity contribution in [2.75, 3.05) is 13.7 Å². The van der Waals surface area contributed by atoms with E-state index in [0.717, 1.165) is 6.07 Å². The number of carbonyl (C=O) groups excluding carboxylic acids is 1. The molecule has 0 aliphatic rings. The molecule has 5 heteroatoms. The lowest BCUT2D eigenvalue weighted by Crippen LogP contribution is -2.30. The van der Waals surface area contributed by atoms with Gasteiger partial charge in [0.05, 0.1) is 18.8 Å². The van der Waals surface area contributed by atoms with Gasteiger partial charge in [0.2, 0.25) is 0 Å². The van der Waals surface area contributed by atoms with Crippen LogP contribution >= 0.6 is 0 Å². The number of hydrogen-bond donors (Lipinski definition) is 2. The van der Waals surface area contributed by atoms with Crippen molar-refractivity contribution >= 4 is 5.91 Å². The Kier molecular flexibility index (Phi) is 4.25. The number of methoxy groups -OCH3 is 1. The van der Waals surface area contributed by atoms with Gasteiger partial charge in [0.25, 0.3) is 5.91 Å². The average Bonchev–Trinajstić information content (AvgIpc) is 2.25. The van der Waals surface area contributed by atoms with Crippen molar-refractivity contribution in [3.8, 4) is 5.75 Å². The van der Waals surface area contributed by atoms with E-state index in [9.17, 15) is 9.18 Å². The second kappa shape index (κ2) is 5.46. The maximum absolute atomic E-state index is 13.0. The Balaban J connectivity index is 2.84. The average molecular weight is 227 g/mol. The molecule has 88 valence electrons. The number of hydrogen-bond acceptors (Lipinski definition) is 3.